The summed E-state index contributed by atoms with van der Waals surface area (Å²) in [6.07, 6.45) is 4.95. The van der Waals surface area contributed by atoms with Crippen molar-refractivity contribution in [2.24, 2.45) is 0 Å². The monoisotopic (exact) mass is 445 g/mol. The number of rotatable bonds is 2. The molecular formula is C23H23N7OS. The molecule has 0 bridgehead atoms. The summed E-state index contributed by atoms with van der Waals surface area (Å²) in [5, 5.41) is 0.531. The number of benzene rings is 1. The first kappa shape index (κ1) is 19.2. The Labute approximate surface area is 189 Å². The molecule has 32 heavy (non-hydrogen) atoms. The van der Waals surface area contributed by atoms with Gasteiger partial charge in [0.1, 0.15) is 28.5 Å². The molecule has 9 heteroatoms. The fourth-order valence-corrected chi connectivity index (χ4v) is 5.41. The Balaban J connectivity index is 1.41. The lowest BCUT2D eigenvalue weighted by Crippen LogP contribution is -2.28. The fourth-order valence-electron chi connectivity index (χ4n) is 4.75. The number of nitrogens with two attached hydrogens (primary N) is 2. The lowest BCUT2D eigenvalue weighted by Gasteiger charge is -2.24. The summed E-state index contributed by atoms with van der Waals surface area (Å²) >= 11 is 1.40. The third kappa shape index (κ3) is 3.20. The molecule has 0 atom stereocenters. The Hall–Kier alpha value is -3.46. The van der Waals surface area contributed by atoms with Gasteiger partial charge in [-0.25, -0.2) is 15.0 Å². The molecule has 0 spiro atoms. The first-order valence-electron chi connectivity index (χ1n) is 10.7. The molecule has 8 nitrogen and oxygen atoms in total. The van der Waals surface area contributed by atoms with Gasteiger partial charge in [-0.2, -0.15) is 4.98 Å². The number of thiazole rings is 1. The van der Waals surface area contributed by atoms with E-state index in [1.54, 1.807) is 0 Å². The number of nitrogen functional groups attached to an aromatic ring is 2. The molecule has 0 radical (unpaired) electrons. The van der Waals surface area contributed by atoms with Crippen LogP contribution in [0.1, 0.15) is 28.8 Å². The molecule has 1 aliphatic heterocycles. The molecule has 0 amide bonds. The van der Waals surface area contributed by atoms with Gasteiger partial charge in [0.05, 0.1) is 12.2 Å². The smallest absolute Gasteiger partial charge is 0.222 e. The topological polar surface area (TPSA) is 116 Å². The predicted molar refractivity (Wildman–Crippen MR) is 127 cm³/mol. The van der Waals surface area contributed by atoms with E-state index in [0.29, 0.717) is 24.2 Å². The summed E-state index contributed by atoms with van der Waals surface area (Å²) in [5.41, 5.74) is 19.4. The number of anilines is 3. The summed E-state index contributed by atoms with van der Waals surface area (Å²) in [6.45, 7) is 4.13. The van der Waals surface area contributed by atoms with Gasteiger partial charge < -0.3 is 21.1 Å². The molecule has 1 aromatic carbocycles. The van der Waals surface area contributed by atoms with Gasteiger partial charge >= 0.3 is 0 Å². The van der Waals surface area contributed by atoms with Gasteiger partial charge in [-0.3, -0.25) is 0 Å². The molecular weight excluding hydrogens is 422 g/mol. The molecule has 2 aliphatic rings. The Bertz CT molecular complexity index is 1370. The van der Waals surface area contributed by atoms with Crippen molar-refractivity contribution < 1.29 is 4.74 Å². The van der Waals surface area contributed by atoms with Crippen LogP contribution in [0, 0.1) is 6.92 Å². The Morgan fingerprint density at radius 1 is 1.06 bits per heavy atom. The van der Waals surface area contributed by atoms with Crippen molar-refractivity contribution >= 4 is 38.6 Å². The van der Waals surface area contributed by atoms with Gasteiger partial charge in [-0.05, 0) is 55.5 Å². The second kappa shape index (κ2) is 7.30. The fraction of sp³-hybridized carbons (Fsp3) is 0.304. The number of hydrogen-bond acceptors (Lipinski definition) is 9. The number of aromatic nitrogens is 4. The minimum atomic E-state index is 0.345. The van der Waals surface area contributed by atoms with Crippen LogP contribution < -0.4 is 21.1 Å². The third-order valence-electron chi connectivity index (χ3n) is 6.15. The number of aryl methyl sites for hydroxylation is 2. The highest BCUT2D eigenvalue weighted by atomic mass is 32.1. The molecule has 3 aromatic heterocycles. The molecule has 0 fully saturated rings. The van der Waals surface area contributed by atoms with Crippen molar-refractivity contribution in [1.82, 2.24) is 19.9 Å². The lowest BCUT2D eigenvalue weighted by atomic mass is 9.99. The summed E-state index contributed by atoms with van der Waals surface area (Å²) in [6, 6.07) is 6.38. The first-order valence-corrected chi connectivity index (χ1v) is 11.6. The lowest BCUT2D eigenvalue weighted by molar-refractivity contribution is 0.329. The molecule has 0 unspecified atom stereocenters. The maximum absolute atomic E-state index is 6.19. The Kier molecular flexibility index (Phi) is 4.39. The predicted octanol–water partition coefficient (Wildman–Crippen LogP) is 3.51. The molecule has 1 aliphatic carbocycles. The zero-order valence-corrected chi connectivity index (χ0v) is 18.6. The van der Waals surface area contributed by atoms with Crippen molar-refractivity contribution in [3.8, 4) is 16.9 Å². The quantitative estimate of drug-likeness (QED) is 0.481. The number of pyridine rings is 1. The standard InChI is InChI=1S/C23H23N7OS/c1-12-7-13(14-9-18-21(26-10-14)32-23(25)28-18)8-15-11-30(5-6-31-19(12)15)20-16-3-2-4-17(16)27-22(24)29-20/h7-10H,2-6,11H2,1H3,(H2,25,28)(H2,24,27,29). The highest BCUT2D eigenvalue weighted by Gasteiger charge is 2.26. The van der Waals surface area contributed by atoms with E-state index in [-0.39, 0.29) is 0 Å². The highest BCUT2D eigenvalue weighted by Crippen LogP contribution is 2.37. The van der Waals surface area contributed by atoms with Crippen LogP contribution in [-0.4, -0.2) is 33.1 Å². The van der Waals surface area contributed by atoms with Crippen molar-refractivity contribution in [2.75, 3.05) is 29.5 Å². The van der Waals surface area contributed by atoms with E-state index in [2.05, 4.69) is 43.9 Å². The van der Waals surface area contributed by atoms with Crippen LogP contribution >= 0.6 is 11.3 Å². The minimum Gasteiger partial charge on any atom is -0.491 e. The highest BCUT2D eigenvalue weighted by molar-refractivity contribution is 7.21. The molecule has 0 saturated heterocycles. The van der Waals surface area contributed by atoms with Gasteiger partial charge in [0.25, 0.3) is 0 Å². The molecule has 4 N–H and O–H groups in total. The van der Waals surface area contributed by atoms with E-state index in [0.717, 1.165) is 75.7 Å². The normalized spacial score (nSPS) is 15.3. The molecule has 0 saturated carbocycles. The average molecular weight is 446 g/mol. The average Bonchev–Trinajstić information content (AvgIpc) is 3.31. The van der Waals surface area contributed by atoms with Crippen LogP contribution in [0.5, 0.6) is 5.75 Å². The second-order valence-corrected chi connectivity index (χ2v) is 9.35. The van der Waals surface area contributed by atoms with Crippen LogP contribution in [0.25, 0.3) is 21.5 Å². The van der Waals surface area contributed by atoms with E-state index in [4.69, 9.17) is 16.2 Å². The largest absolute Gasteiger partial charge is 0.491 e. The SMILES string of the molecule is Cc1cc(-c2cnc3sc(N)nc3c2)cc2c1OCCN(c1nc(N)nc3c1CCC3)C2. The number of fused-ring (bicyclic) bond motifs is 3. The maximum atomic E-state index is 6.19. The van der Waals surface area contributed by atoms with Crippen LogP contribution in [0.4, 0.5) is 16.9 Å². The van der Waals surface area contributed by atoms with E-state index in [1.807, 2.05) is 12.3 Å². The molecule has 4 aromatic rings. The third-order valence-corrected chi connectivity index (χ3v) is 6.95. The summed E-state index contributed by atoms with van der Waals surface area (Å²) in [7, 11) is 0. The molecule has 4 heterocycles. The van der Waals surface area contributed by atoms with Crippen LogP contribution in [0.15, 0.2) is 24.4 Å². The van der Waals surface area contributed by atoms with Gasteiger partial charge in [-0.1, -0.05) is 11.3 Å². The molecule has 162 valence electrons. The minimum absolute atomic E-state index is 0.345. The van der Waals surface area contributed by atoms with Crippen LogP contribution in [0.2, 0.25) is 0 Å². The van der Waals surface area contributed by atoms with Gasteiger partial charge in [-0.15, -0.1) is 0 Å². The van der Waals surface area contributed by atoms with E-state index in [1.165, 1.54) is 16.9 Å². The Morgan fingerprint density at radius 3 is 2.88 bits per heavy atom. The number of nitrogens with zero attached hydrogens (tertiary/aromatic N) is 5. The van der Waals surface area contributed by atoms with Crippen LogP contribution in [-0.2, 0) is 19.4 Å². The van der Waals surface area contributed by atoms with Crippen molar-refractivity contribution in [3.05, 3.63) is 46.8 Å². The zero-order chi connectivity index (χ0) is 21.8. The van der Waals surface area contributed by atoms with Gasteiger partial charge in [0, 0.05) is 29.4 Å². The summed E-state index contributed by atoms with van der Waals surface area (Å²) in [4.78, 5) is 21.2. The summed E-state index contributed by atoms with van der Waals surface area (Å²) in [5.74, 6) is 2.24. The zero-order valence-electron chi connectivity index (χ0n) is 17.8. The second-order valence-electron chi connectivity index (χ2n) is 8.34. The van der Waals surface area contributed by atoms with E-state index < -0.39 is 0 Å². The van der Waals surface area contributed by atoms with E-state index in [9.17, 15) is 0 Å². The van der Waals surface area contributed by atoms with Gasteiger partial charge in [0.15, 0.2) is 5.13 Å². The number of ether oxygens (including phenoxy) is 1. The number of hydrogen-bond donors (Lipinski definition) is 2. The van der Waals surface area contributed by atoms with Crippen molar-refractivity contribution in [3.63, 3.8) is 0 Å². The van der Waals surface area contributed by atoms with E-state index >= 15 is 0 Å². The summed E-state index contributed by atoms with van der Waals surface area (Å²) < 4.78 is 6.19. The van der Waals surface area contributed by atoms with Crippen LogP contribution in [0.3, 0.4) is 0 Å². The maximum Gasteiger partial charge on any atom is 0.222 e. The molecule has 6 rings (SSSR count). The van der Waals surface area contributed by atoms with Gasteiger partial charge in [0.2, 0.25) is 5.95 Å². The van der Waals surface area contributed by atoms with Crippen molar-refractivity contribution in [1.29, 1.82) is 0 Å². The van der Waals surface area contributed by atoms with Crippen molar-refractivity contribution in [2.45, 2.75) is 32.7 Å². The Morgan fingerprint density at radius 2 is 1.97 bits per heavy atom. The first-order chi connectivity index (χ1) is 15.5.